The van der Waals surface area contributed by atoms with Crippen LogP contribution in [0.4, 0.5) is 0 Å². The first-order valence-corrected chi connectivity index (χ1v) is 5.60. The molecule has 0 saturated carbocycles. The molecule has 4 N–H and O–H groups in total. The quantitative estimate of drug-likeness (QED) is 0.445. The van der Waals surface area contributed by atoms with E-state index in [1.165, 1.54) is 0 Å². The van der Waals surface area contributed by atoms with E-state index in [9.17, 15) is 0 Å². The second-order valence-corrected chi connectivity index (χ2v) is 4.20. The lowest BCUT2D eigenvalue weighted by Crippen LogP contribution is -2.33. The first kappa shape index (κ1) is 14.8. The summed E-state index contributed by atoms with van der Waals surface area (Å²) in [5.41, 5.74) is -0.249. The number of aliphatic hydroxyl groups excluding tert-OH is 4. The Balaban J connectivity index is 4.57. The van der Waals surface area contributed by atoms with E-state index in [-0.39, 0.29) is 37.8 Å². The fourth-order valence-corrected chi connectivity index (χ4v) is 2.28. The molecule has 92 valence electrons. The minimum absolute atomic E-state index is 0.0514. The molecule has 0 aliphatic carbocycles. The van der Waals surface area contributed by atoms with Crippen LogP contribution < -0.4 is 0 Å². The Bertz CT molecular complexity index is 133. The van der Waals surface area contributed by atoms with Crippen molar-refractivity contribution in [3.05, 3.63) is 0 Å². The van der Waals surface area contributed by atoms with Gasteiger partial charge in [-0.1, -0.05) is 6.92 Å². The highest BCUT2D eigenvalue weighted by molar-refractivity contribution is 4.84. The van der Waals surface area contributed by atoms with E-state index in [0.29, 0.717) is 25.7 Å². The molecule has 1 unspecified atom stereocenters. The Morgan fingerprint density at radius 2 is 1.20 bits per heavy atom. The zero-order chi connectivity index (χ0) is 11.7. The van der Waals surface area contributed by atoms with Crippen molar-refractivity contribution in [3.8, 4) is 0 Å². The second-order valence-electron chi connectivity index (χ2n) is 4.20. The van der Waals surface area contributed by atoms with Crippen molar-refractivity contribution in [2.45, 2.75) is 32.6 Å². The molecule has 0 heterocycles. The summed E-state index contributed by atoms with van der Waals surface area (Å²) in [7, 11) is 0. The van der Waals surface area contributed by atoms with Crippen LogP contribution in [0.25, 0.3) is 0 Å². The third kappa shape index (κ3) is 4.47. The molecule has 4 nitrogen and oxygen atoms in total. The van der Waals surface area contributed by atoms with Gasteiger partial charge in [0.05, 0.1) is 0 Å². The maximum absolute atomic E-state index is 9.05. The van der Waals surface area contributed by atoms with Gasteiger partial charge in [-0.15, -0.1) is 0 Å². The van der Waals surface area contributed by atoms with Gasteiger partial charge < -0.3 is 20.4 Å². The first-order valence-electron chi connectivity index (χ1n) is 5.60. The van der Waals surface area contributed by atoms with Crippen LogP contribution in [0.5, 0.6) is 0 Å². The molecule has 0 aliphatic heterocycles. The summed E-state index contributed by atoms with van der Waals surface area (Å²) >= 11 is 0. The van der Waals surface area contributed by atoms with E-state index in [1.807, 2.05) is 6.92 Å². The molecule has 0 aliphatic rings. The highest BCUT2D eigenvalue weighted by Gasteiger charge is 2.34. The van der Waals surface area contributed by atoms with Crippen molar-refractivity contribution in [1.29, 1.82) is 0 Å². The maximum Gasteiger partial charge on any atom is 0.0436 e. The topological polar surface area (TPSA) is 80.9 Å². The van der Waals surface area contributed by atoms with Crippen molar-refractivity contribution in [3.63, 3.8) is 0 Å². The monoisotopic (exact) mass is 220 g/mol. The Morgan fingerprint density at radius 3 is 1.47 bits per heavy atom. The number of rotatable bonds is 9. The molecule has 0 saturated heterocycles. The number of hydrogen-bond donors (Lipinski definition) is 4. The number of aliphatic hydroxyl groups is 4. The molecular formula is C11H24O4. The predicted molar refractivity (Wildman–Crippen MR) is 58.4 cm³/mol. The minimum Gasteiger partial charge on any atom is -0.396 e. The van der Waals surface area contributed by atoms with E-state index in [2.05, 4.69) is 0 Å². The number of hydrogen-bond acceptors (Lipinski definition) is 4. The molecule has 4 heteroatoms. The highest BCUT2D eigenvalue weighted by atomic mass is 16.3. The lowest BCUT2D eigenvalue weighted by Gasteiger charge is -2.38. The normalized spacial score (nSPS) is 14.2. The van der Waals surface area contributed by atoms with Crippen molar-refractivity contribution in [2.75, 3.05) is 26.4 Å². The van der Waals surface area contributed by atoms with Crippen molar-refractivity contribution in [1.82, 2.24) is 0 Å². The van der Waals surface area contributed by atoms with Gasteiger partial charge in [-0.2, -0.15) is 0 Å². The Hall–Kier alpha value is -0.160. The van der Waals surface area contributed by atoms with E-state index in [1.54, 1.807) is 0 Å². The summed E-state index contributed by atoms with van der Waals surface area (Å²) in [6.45, 7) is 2.25. The SMILES string of the molecule is CC(CCO)C(CCO)(CCO)CCO. The van der Waals surface area contributed by atoms with Crippen LogP contribution in [0, 0.1) is 11.3 Å². The van der Waals surface area contributed by atoms with E-state index in [4.69, 9.17) is 20.4 Å². The molecule has 1 atom stereocenters. The summed E-state index contributed by atoms with van der Waals surface area (Å²) in [6, 6.07) is 0. The van der Waals surface area contributed by atoms with Crippen molar-refractivity contribution >= 4 is 0 Å². The molecule has 0 radical (unpaired) electrons. The lowest BCUT2D eigenvalue weighted by atomic mass is 9.68. The molecule has 15 heavy (non-hydrogen) atoms. The Morgan fingerprint density at radius 1 is 0.800 bits per heavy atom. The molecule has 0 aromatic heterocycles. The summed E-state index contributed by atoms with van der Waals surface area (Å²) in [5.74, 6) is 0.189. The van der Waals surface area contributed by atoms with Gasteiger partial charge in [-0.25, -0.2) is 0 Å². The van der Waals surface area contributed by atoms with Crippen LogP contribution in [-0.4, -0.2) is 46.9 Å². The van der Waals surface area contributed by atoms with Gasteiger partial charge in [0.15, 0.2) is 0 Å². The van der Waals surface area contributed by atoms with Gasteiger partial charge in [0.25, 0.3) is 0 Å². The molecule has 0 fully saturated rings. The summed E-state index contributed by atoms with van der Waals surface area (Å²) in [5, 5.41) is 36.1. The molecule has 0 bridgehead atoms. The molecule has 0 aromatic rings. The zero-order valence-corrected chi connectivity index (χ0v) is 9.52. The van der Waals surface area contributed by atoms with E-state index in [0.717, 1.165) is 0 Å². The molecule has 0 spiro atoms. The first-order chi connectivity index (χ1) is 7.16. The van der Waals surface area contributed by atoms with Crippen LogP contribution in [-0.2, 0) is 0 Å². The van der Waals surface area contributed by atoms with Crippen LogP contribution in [0.3, 0.4) is 0 Å². The fourth-order valence-electron chi connectivity index (χ4n) is 2.28. The molecule has 0 amide bonds. The van der Waals surface area contributed by atoms with E-state index < -0.39 is 0 Å². The van der Waals surface area contributed by atoms with Crippen molar-refractivity contribution < 1.29 is 20.4 Å². The molecule has 0 aromatic carbocycles. The molecule has 0 rings (SSSR count). The summed E-state index contributed by atoms with van der Waals surface area (Å²) in [6.07, 6.45) is 2.33. The van der Waals surface area contributed by atoms with Crippen molar-refractivity contribution in [2.24, 2.45) is 11.3 Å². The predicted octanol–water partition coefficient (Wildman–Crippen LogP) is 0.139. The zero-order valence-electron chi connectivity index (χ0n) is 9.52. The van der Waals surface area contributed by atoms with Crippen LogP contribution >= 0.6 is 0 Å². The van der Waals surface area contributed by atoms with E-state index >= 15 is 0 Å². The Labute approximate surface area is 91.6 Å². The van der Waals surface area contributed by atoms with Gasteiger partial charge in [0.1, 0.15) is 0 Å². The highest BCUT2D eigenvalue weighted by Crippen LogP contribution is 2.40. The standard InChI is InChI=1S/C11H24O4/c1-10(2-6-12)11(3-7-13,4-8-14)5-9-15/h10,12-15H,2-9H2,1H3. The smallest absolute Gasteiger partial charge is 0.0436 e. The lowest BCUT2D eigenvalue weighted by molar-refractivity contribution is 0.0393. The third-order valence-electron chi connectivity index (χ3n) is 3.44. The van der Waals surface area contributed by atoms with Crippen LogP contribution in [0.1, 0.15) is 32.6 Å². The Kier molecular flexibility index (Phi) is 7.96. The van der Waals surface area contributed by atoms with Crippen LogP contribution in [0.15, 0.2) is 0 Å². The third-order valence-corrected chi connectivity index (χ3v) is 3.44. The van der Waals surface area contributed by atoms with Crippen LogP contribution in [0.2, 0.25) is 0 Å². The maximum atomic E-state index is 9.05. The van der Waals surface area contributed by atoms with Gasteiger partial charge in [-0.05, 0) is 37.0 Å². The summed E-state index contributed by atoms with van der Waals surface area (Å²) < 4.78 is 0. The second kappa shape index (κ2) is 8.05. The van der Waals surface area contributed by atoms with Gasteiger partial charge in [0, 0.05) is 26.4 Å². The average Bonchev–Trinajstić information content (AvgIpc) is 2.19. The van der Waals surface area contributed by atoms with Gasteiger partial charge >= 0.3 is 0 Å². The minimum atomic E-state index is -0.249. The largest absolute Gasteiger partial charge is 0.396 e. The summed E-state index contributed by atoms with van der Waals surface area (Å²) in [4.78, 5) is 0. The van der Waals surface area contributed by atoms with Gasteiger partial charge in [-0.3, -0.25) is 0 Å². The molecular weight excluding hydrogens is 196 g/mol. The fraction of sp³-hybridized carbons (Fsp3) is 1.00. The van der Waals surface area contributed by atoms with Gasteiger partial charge in [0.2, 0.25) is 0 Å². The average molecular weight is 220 g/mol.